The highest BCUT2D eigenvalue weighted by Crippen LogP contribution is 2.24. The minimum absolute atomic E-state index is 0.123. The summed E-state index contributed by atoms with van der Waals surface area (Å²) in [6.07, 6.45) is 2.05. The van der Waals surface area contributed by atoms with Gasteiger partial charge in [-0.05, 0) is 41.7 Å². The Morgan fingerprint density at radius 2 is 1.57 bits per heavy atom. The highest BCUT2D eigenvalue weighted by Gasteiger charge is 2.20. The van der Waals surface area contributed by atoms with Crippen LogP contribution in [0.3, 0.4) is 0 Å². The van der Waals surface area contributed by atoms with Crippen molar-refractivity contribution in [3.05, 3.63) is 65.2 Å². The molecular weight excluding hydrogens is 284 g/mol. The number of rotatable bonds is 4. The smallest absolute Gasteiger partial charge is 0.213 e. The van der Waals surface area contributed by atoms with Gasteiger partial charge in [-0.25, -0.2) is 13.6 Å². The van der Waals surface area contributed by atoms with Crippen molar-refractivity contribution in [2.45, 2.75) is 24.6 Å². The zero-order valence-electron chi connectivity index (χ0n) is 11.6. The summed E-state index contributed by atoms with van der Waals surface area (Å²) in [5, 5.41) is 8.54. The molecule has 2 aromatic rings. The van der Waals surface area contributed by atoms with Gasteiger partial charge in [-0.15, -0.1) is 0 Å². The number of hydrogen-bond donors (Lipinski definition) is 2. The minimum Gasteiger partial charge on any atom is -0.382 e. The van der Waals surface area contributed by atoms with Gasteiger partial charge in [0.2, 0.25) is 10.0 Å². The van der Waals surface area contributed by atoms with Crippen LogP contribution in [0.1, 0.15) is 16.7 Å². The molecule has 3 rings (SSSR count). The van der Waals surface area contributed by atoms with E-state index in [1.165, 1.54) is 11.1 Å². The third-order valence-corrected chi connectivity index (χ3v) is 4.48. The molecule has 0 amide bonds. The molecule has 0 spiro atoms. The summed E-state index contributed by atoms with van der Waals surface area (Å²) in [5.74, 6) is -0.123. The maximum atomic E-state index is 11.1. The van der Waals surface area contributed by atoms with Crippen molar-refractivity contribution in [1.82, 2.24) is 0 Å². The molecule has 2 aromatic carbocycles. The number of primary sulfonamides is 1. The van der Waals surface area contributed by atoms with Crippen LogP contribution in [0, 0.1) is 0 Å². The van der Waals surface area contributed by atoms with E-state index in [9.17, 15) is 8.42 Å². The lowest BCUT2D eigenvalue weighted by Gasteiger charge is -2.14. The second-order valence-electron chi connectivity index (χ2n) is 5.52. The van der Waals surface area contributed by atoms with E-state index >= 15 is 0 Å². The summed E-state index contributed by atoms with van der Waals surface area (Å²) in [6, 6.07) is 16.3. The van der Waals surface area contributed by atoms with E-state index in [4.69, 9.17) is 5.14 Å². The Bertz CT molecular complexity index is 714. The Kier molecular flexibility index (Phi) is 3.69. The molecule has 110 valence electrons. The number of sulfonamides is 1. The Balaban J connectivity index is 1.65. The number of nitrogens with one attached hydrogen (secondary N) is 1. The molecule has 0 fully saturated rings. The SMILES string of the molecule is NS(=O)(=O)Cc1ccc(NC2Cc3ccccc3C2)cc1. The van der Waals surface area contributed by atoms with Gasteiger partial charge in [0.15, 0.2) is 0 Å². The van der Waals surface area contributed by atoms with Gasteiger partial charge in [0, 0.05) is 11.7 Å². The third kappa shape index (κ3) is 3.62. The molecule has 0 radical (unpaired) electrons. The number of benzene rings is 2. The molecule has 3 N–H and O–H groups in total. The third-order valence-electron chi connectivity index (χ3n) is 3.74. The molecule has 0 saturated heterocycles. The molecule has 0 atom stereocenters. The maximum Gasteiger partial charge on any atom is 0.213 e. The van der Waals surface area contributed by atoms with E-state index in [1.807, 2.05) is 12.1 Å². The molecule has 1 aliphatic rings. The van der Waals surface area contributed by atoms with Gasteiger partial charge in [0.05, 0.1) is 5.75 Å². The van der Waals surface area contributed by atoms with Gasteiger partial charge in [-0.1, -0.05) is 36.4 Å². The molecule has 5 heteroatoms. The summed E-state index contributed by atoms with van der Waals surface area (Å²) in [6.45, 7) is 0. The van der Waals surface area contributed by atoms with Crippen LogP contribution in [0.15, 0.2) is 48.5 Å². The highest BCUT2D eigenvalue weighted by atomic mass is 32.2. The molecule has 0 aromatic heterocycles. The minimum atomic E-state index is -3.47. The molecule has 0 heterocycles. The van der Waals surface area contributed by atoms with E-state index in [1.54, 1.807) is 12.1 Å². The van der Waals surface area contributed by atoms with E-state index in [0.717, 1.165) is 18.5 Å². The predicted molar refractivity (Wildman–Crippen MR) is 84.5 cm³/mol. The average Bonchev–Trinajstić information content (AvgIpc) is 2.81. The van der Waals surface area contributed by atoms with Crippen molar-refractivity contribution in [2.24, 2.45) is 5.14 Å². The summed E-state index contributed by atoms with van der Waals surface area (Å²) in [4.78, 5) is 0. The van der Waals surface area contributed by atoms with Crippen molar-refractivity contribution < 1.29 is 8.42 Å². The lowest BCUT2D eigenvalue weighted by atomic mass is 10.1. The predicted octanol–water partition coefficient (Wildman–Crippen LogP) is 2.05. The van der Waals surface area contributed by atoms with Crippen LogP contribution in [0.25, 0.3) is 0 Å². The quantitative estimate of drug-likeness (QED) is 0.908. The zero-order chi connectivity index (χ0) is 14.9. The fourth-order valence-corrected chi connectivity index (χ4v) is 3.48. The average molecular weight is 302 g/mol. The first kappa shape index (κ1) is 14.1. The van der Waals surface area contributed by atoms with Crippen LogP contribution in [0.5, 0.6) is 0 Å². The van der Waals surface area contributed by atoms with Gasteiger partial charge in [-0.3, -0.25) is 0 Å². The van der Waals surface area contributed by atoms with Crippen LogP contribution in [0.2, 0.25) is 0 Å². The van der Waals surface area contributed by atoms with E-state index < -0.39 is 10.0 Å². The normalized spacial score (nSPS) is 14.9. The summed E-state index contributed by atoms with van der Waals surface area (Å²) >= 11 is 0. The Hall–Kier alpha value is -1.85. The van der Waals surface area contributed by atoms with Crippen molar-refractivity contribution in [3.63, 3.8) is 0 Å². The summed E-state index contributed by atoms with van der Waals surface area (Å²) in [5.41, 5.74) is 4.52. The Labute approximate surface area is 125 Å². The highest BCUT2D eigenvalue weighted by molar-refractivity contribution is 7.88. The molecule has 0 unspecified atom stereocenters. The summed E-state index contributed by atoms with van der Waals surface area (Å²) in [7, 11) is -3.47. The fraction of sp³-hybridized carbons (Fsp3) is 0.250. The number of nitrogens with two attached hydrogens (primary N) is 1. The molecule has 4 nitrogen and oxygen atoms in total. The van der Waals surface area contributed by atoms with Gasteiger partial charge in [-0.2, -0.15) is 0 Å². The van der Waals surface area contributed by atoms with E-state index in [-0.39, 0.29) is 5.75 Å². The number of anilines is 1. The van der Waals surface area contributed by atoms with Crippen molar-refractivity contribution in [3.8, 4) is 0 Å². The van der Waals surface area contributed by atoms with Crippen molar-refractivity contribution in [2.75, 3.05) is 5.32 Å². The zero-order valence-corrected chi connectivity index (χ0v) is 12.4. The van der Waals surface area contributed by atoms with Gasteiger partial charge < -0.3 is 5.32 Å². The molecular formula is C16H18N2O2S. The molecule has 0 aliphatic heterocycles. The largest absolute Gasteiger partial charge is 0.382 e. The van der Waals surface area contributed by atoms with Crippen LogP contribution >= 0.6 is 0 Å². The number of fused-ring (bicyclic) bond motifs is 1. The second-order valence-corrected chi connectivity index (χ2v) is 7.14. The number of hydrogen-bond acceptors (Lipinski definition) is 3. The maximum absolute atomic E-state index is 11.1. The fourth-order valence-electron chi connectivity index (χ4n) is 2.83. The lowest BCUT2D eigenvalue weighted by Crippen LogP contribution is -2.19. The van der Waals surface area contributed by atoms with Gasteiger partial charge >= 0.3 is 0 Å². The standard InChI is InChI=1S/C16H18N2O2S/c17-21(19,20)11-12-5-7-15(8-6-12)18-16-9-13-3-1-2-4-14(13)10-16/h1-8,16,18H,9-11H2,(H2,17,19,20). The van der Waals surface area contributed by atoms with E-state index in [2.05, 4.69) is 29.6 Å². The Morgan fingerprint density at radius 3 is 2.10 bits per heavy atom. The van der Waals surface area contributed by atoms with Crippen LogP contribution in [-0.4, -0.2) is 14.5 Å². The van der Waals surface area contributed by atoms with Crippen LogP contribution in [-0.2, 0) is 28.6 Å². The molecule has 0 bridgehead atoms. The monoisotopic (exact) mass is 302 g/mol. The van der Waals surface area contributed by atoms with Crippen LogP contribution < -0.4 is 10.5 Å². The molecule has 0 saturated carbocycles. The van der Waals surface area contributed by atoms with E-state index in [0.29, 0.717) is 11.6 Å². The van der Waals surface area contributed by atoms with Crippen LogP contribution in [0.4, 0.5) is 5.69 Å². The first-order chi connectivity index (χ1) is 9.99. The lowest BCUT2D eigenvalue weighted by molar-refractivity contribution is 0.597. The summed E-state index contributed by atoms with van der Waals surface area (Å²) < 4.78 is 22.1. The first-order valence-electron chi connectivity index (χ1n) is 6.92. The van der Waals surface area contributed by atoms with Gasteiger partial charge in [0.1, 0.15) is 0 Å². The molecule has 1 aliphatic carbocycles. The molecule has 21 heavy (non-hydrogen) atoms. The van der Waals surface area contributed by atoms with Gasteiger partial charge in [0.25, 0.3) is 0 Å². The first-order valence-corrected chi connectivity index (χ1v) is 8.64. The van der Waals surface area contributed by atoms with Crippen molar-refractivity contribution >= 4 is 15.7 Å². The topological polar surface area (TPSA) is 72.2 Å². The Morgan fingerprint density at radius 1 is 1.00 bits per heavy atom. The van der Waals surface area contributed by atoms with Crippen molar-refractivity contribution in [1.29, 1.82) is 0 Å². The second kappa shape index (κ2) is 5.50.